The van der Waals surface area contributed by atoms with Gasteiger partial charge >= 0.3 is 0 Å². The van der Waals surface area contributed by atoms with E-state index in [1.165, 1.54) is 0 Å². The second-order valence-electron chi connectivity index (χ2n) is 5.25. The van der Waals surface area contributed by atoms with Crippen molar-refractivity contribution in [3.8, 4) is 11.5 Å². The van der Waals surface area contributed by atoms with Crippen molar-refractivity contribution in [1.82, 2.24) is 9.97 Å². The van der Waals surface area contributed by atoms with E-state index in [-0.39, 0.29) is 5.92 Å². The maximum Gasteiger partial charge on any atom is 0.152 e. The summed E-state index contributed by atoms with van der Waals surface area (Å²) in [6, 6.07) is 5.82. The third-order valence-electron chi connectivity index (χ3n) is 3.25. The van der Waals surface area contributed by atoms with Gasteiger partial charge in [-0.05, 0) is 38.0 Å². The maximum atomic E-state index is 5.85. The predicted octanol–water partition coefficient (Wildman–Crippen LogP) is 3.05. The van der Waals surface area contributed by atoms with Crippen molar-refractivity contribution in [3.05, 3.63) is 35.5 Å². The molecule has 0 aliphatic rings. The normalized spacial score (nSPS) is 12.9. The molecule has 0 spiro atoms. The Kier molecular flexibility index (Phi) is 4.00. The number of aryl methyl sites for hydroxylation is 2. The van der Waals surface area contributed by atoms with Crippen LogP contribution in [0.1, 0.15) is 37.0 Å². The molecular formula is C15H21N3O. The van der Waals surface area contributed by atoms with Crippen molar-refractivity contribution < 1.29 is 4.42 Å². The van der Waals surface area contributed by atoms with Crippen molar-refractivity contribution in [2.75, 3.05) is 6.54 Å². The zero-order valence-corrected chi connectivity index (χ0v) is 12.0. The lowest BCUT2D eigenvalue weighted by Gasteiger charge is -2.18. The molecule has 2 rings (SSSR count). The smallest absolute Gasteiger partial charge is 0.152 e. The Balaban J connectivity index is 2.45. The first-order valence-electron chi connectivity index (χ1n) is 6.63. The summed E-state index contributed by atoms with van der Waals surface area (Å²) in [6.07, 6.45) is 0. The lowest BCUT2D eigenvalue weighted by molar-refractivity contribution is 0.481. The summed E-state index contributed by atoms with van der Waals surface area (Å²) in [6.45, 7) is 8.73. The molecule has 2 heterocycles. The van der Waals surface area contributed by atoms with Crippen LogP contribution in [0.25, 0.3) is 11.5 Å². The van der Waals surface area contributed by atoms with E-state index in [1.54, 1.807) is 0 Å². The highest BCUT2D eigenvalue weighted by Gasteiger charge is 2.19. The second kappa shape index (κ2) is 5.53. The van der Waals surface area contributed by atoms with Gasteiger partial charge < -0.3 is 10.2 Å². The third-order valence-corrected chi connectivity index (χ3v) is 3.25. The topological polar surface area (TPSA) is 64.9 Å². The Morgan fingerprint density at radius 3 is 2.47 bits per heavy atom. The van der Waals surface area contributed by atoms with Gasteiger partial charge in [0, 0.05) is 18.2 Å². The molecule has 2 aromatic heterocycles. The molecule has 0 aromatic carbocycles. The monoisotopic (exact) mass is 259 g/mol. The van der Waals surface area contributed by atoms with Gasteiger partial charge in [0.25, 0.3) is 0 Å². The molecule has 1 unspecified atom stereocenters. The fourth-order valence-corrected chi connectivity index (χ4v) is 2.13. The summed E-state index contributed by atoms with van der Waals surface area (Å²) in [5.41, 5.74) is 7.61. The first kappa shape index (κ1) is 13.7. The van der Waals surface area contributed by atoms with Gasteiger partial charge in [0.1, 0.15) is 17.3 Å². The molecule has 102 valence electrons. The standard InChI is InChI=1S/C15H21N3O/c1-9(2)12(8-16)15-17-10(3)7-13(18-15)14-6-5-11(4)19-14/h5-7,9,12H,8,16H2,1-4H3. The van der Waals surface area contributed by atoms with Crippen molar-refractivity contribution in [2.45, 2.75) is 33.6 Å². The highest BCUT2D eigenvalue weighted by atomic mass is 16.3. The van der Waals surface area contributed by atoms with Gasteiger partial charge in [0.05, 0.1) is 0 Å². The summed E-state index contributed by atoms with van der Waals surface area (Å²) >= 11 is 0. The summed E-state index contributed by atoms with van der Waals surface area (Å²) in [5, 5.41) is 0. The minimum atomic E-state index is 0.176. The van der Waals surface area contributed by atoms with E-state index < -0.39 is 0 Å². The number of rotatable bonds is 4. The molecule has 4 heteroatoms. The number of aromatic nitrogens is 2. The minimum Gasteiger partial charge on any atom is -0.460 e. The van der Waals surface area contributed by atoms with Gasteiger partial charge in [-0.2, -0.15) is 0 Å². The first-order chi connectivity index (χ1) is 9.01. The average Bonchev–Trinajstić information content (AvgIpc) is 2.75. The van der Waals surface area contributed by atoms with Gasteiger partial charge in [0.15, 0.2) is 5.76 Å². The Bertz CT molecular complexity index is 560. The Morgan fingerprint density at radius 2 is 1.95 bits per heavy atom. The number of hydrogen-bond acceptors (Lipinski definition) is 4. The molecule has 0 aliphatic carbocycles. The fraction of sp³-hybridized carbons (Fsp3) is 0.467. The number of nitrogens with two attached hydrogens (primary N) is 1. The SMILES string of the molecule is Cc1cc(-c2ccc(C)o2)nc(C(CN)C(C)C)n1. The van der Waals surface area contributed by atoms with Gasteiger partial charge in [0.2, 0.25) is 0 Å². The predicted molar refractivity (Wildman–Crippen MR) is 75.8 cm³/mol. The Morgan fingerprint density at radius 1 is 1.21 bits per heavy atom. The van der Waals surface area contributed by atoms with Gasteiger partial charge in [-0.15, -0.1) is 0 Å². The summed E-state index contributed by atoms with van der Waals surface area (Å²) in [5.74, 6) is 3.06. The largest absolute Gasteiger partial charge is 0.460 e. The van der Waals surface area contributed by atoms with Gasteiger partial charge in [-0.3, -0.25) is 0 Å². The summed E-state index contributed by atoms with van der Waals surface area (Å²) < 4.78 is 5.63. The lowest BCUT2D eigenvalue weighted by atomic mass is 9.95. The van der Waals surface area contributed by atoms with E-state index in [9.17, 15) is 0 Å². The summed E-state index contributed by atoms with van der Waals surface area (Å²) in [7, 11) is 0. The zero-order chi connectivity index (χ0) is 14.0. The fourth-order valence-electron chi connectivity index (χ4n) is 2.13. The number of hydrogen-bond donors (Lipinski definition) is 1. The third kappa shape index (κ3) is 3.01. The van der Waals surface area contributed by atoms with Gasteiger partial charge in [-0.25, -0.2) is 9.97 Å². The van der Waals surface area contributed by atoms with Crippen LogP contribution in [0.15, 0.2) is 22.6 Å². The van der Waals surface area contributed by atoms with Crippen molar-refractivity contribution >= 4 is 0 Å². The molecule has 0 radical (unpaired) electrons. The molecule has 0 fully saturated rings. The van der Waals surface area contributed by atoms with Crippen LogP contribution in [-0.4, -0.2) is 16.5 Å². The Hall–Kier alpha value is -1.68. The molecule has 0 bridgehead atoms. The van der Waals surface area contributed by atoms with Crippen molar-refractivity contribution in [1.29, 1.82) is 0 Å². The molecule has 0 saturated heterocycles. The molecule has 2 aromatic rings. The first-order valence-corrected chi connectivity index (χ1v) is 6.63. The van der Waals surface area contributed by atoms with Crippen LogP contribution in [0.5, 0.6) is 0 Å². The quantitative estimate of drug-likeness (QED) is 0.916. The summed E-state index contributed by atoms with van der Waals surface area (Å²) in [4.78, 5) is 9.15. The molecule has 0 aliphatic heterocycles. The van der Waals surface area contributed by atoms with Crippen LogP contribution in [-0.2, 0) is 0 Å². The van der Waals surface area contributed by atoms with Crippen molar-refractivity contribution in [3.63, 3.8) is 0 Å². The molecule has 2 N–H and O–H groups in total. The number of furan rings is 1. The van der Waals surface area contributed by atoms with Crippen LogP contribution in [0.4, 0.5) is 0 Å². The lowest BCUT2D eigenvalue weighted by Crippen LogP contribution is -2.20. The molecular weight excluding hydrogens is 238 g/mol. The highest BCUT2D eigenvalue weighted by Crippen LogP contribution is 2.25. The van der Waals surface area contributed by atoms with Gasteiger partial charge in [-0.1, -0.05) is 13.8 Å². The molecule has 19 heavy (non-hydrogen) atoms. The minimum absolute atomic E-state index is 0.176. The second-order valence-corrected chi connectivity index (χ2v) is 5.25. The van der Waals surface area contributed by atoms with E-state index in [1.807, 2.05) is 32.0 Å². The van der Waals surface area contributed by atoms with Crippen LogP contribution in [0, 0.1) is 19.8 Å². The van der Waals surface area contributed by atoms with Crippen LogP contribution in [0.3, 0.4) is 0 Å². The van der Waals surface area contributed by atoms with Crippen LogP contribution >= 0.6 is 0 Å². The van der Waals surface area contributed by atoms with Crippen molar-refractivity contribution in [2.24, 2.45) is 11.7 Å². The molecule has 4 nitrogen and oxygen atoms in total. The van der Waals surface area contributed by atoms with Crippen LogP contribution in [0.2, 0.25) is 0 Å². The Labute approximate surface area is 114 Å². The zero-order valence-electron chi connectivity index (χ0n) is 12.0. The highest BCUT2D eigenvalue weighted by molar-refractivity contribution is 5.52. The molecule has 1 atom stereocenters. The van der Waals surface area contributed by atoms with E-state index >= 15 is 0 Å². The van der Waals surface area contributed by atoms with E-state index in [2.05, 4.69) is 23.8 Å². The maximum absolute atomic E-state index is 5.85. The van der Waals surface area contributed by atoms with E-state index in [0.29, 0.717) is 12.5 Å². The van der Waals surface area contributed by atoms with E-state index in [4.69, 9.17) is 10.2 Å². The van der Waals surface area contributed by atoms with Crippen LogP contribution < -0.4 is 5.73 Å². The van der Waals surface area contributed by atoms with E-state index in [0.717, 1.165) is 28.7 Å². The molecule has 0 saturated carbocycles. The average molecular weight is 259 g/mol. The molecule has 0 amide bonds. The number of nitrogens with zero attached hydrogens (tertiary/aromatic N) is 2.